The molecular weight excluding hydrogens is 490 g/mol. The number of Topliss-reactive ketones (excluding diaryl/α,β-unsaturated/α-hetero) is 1. The number of aryl methyl sites for hydroxylation is 1. The third kappa shape index (κ3) is 4.28. The van der Waals surface area contributed by atoms with Gasteiger partial charge in [-0.15, -0.1) is 0 Å². The quantitative estimate of drug-likeness (QED) is 0.212. The van der Waals surface area contributed by atoms with Crippen LogP contribution in [0, 0.1) is 18.6 Å². The molecule has 4 aromatic rings. The highest BCUT2D eigenvalue weighted by atomic mass is 19.1. The number of benzene rings is 3. The molecule has 0 spiro atoms. The monoisotopic (exact) mass is 518 g/mol. The number of fused-ring (bicyclic) bond motifs is 2. The average Bonchev–Trinajstić information content (AvgIpc) is 3.23. The van der Waals surface area contributed by atoms with Crippen LogP contribution in [0.4, 0.5) is 25.0 Å². The van der Waals surface area contributed by atoms with E-state index in [1.807, 2.05) is 13.0 Å². The molecule has 196 valence electrons. The van der Waals surface area contributed by atoms with Crippen LogP contribution in [0.3, 0.4) is 0 Å². The number of urea groups is 1. The first-order chi connectivity index (χ1) is 18.0. The number of aromatic amines is 1. The van der Waals surface area contributed by atoms with Gasteiger partial charge in [0.2, 0.25) is 0 Å². The molecule has 1 aromatic heterocycles. The summed E-state index contributed by atoms with van der Waals surface area (Å²) in [5, 5.41) is 20.3. The normalized spacial score (nSPS) is 18.0. The number of anilines is 2. The topological polar surface area (TPSA) is 106 Å². The van der Waals surface area contributed by atoms with Crippen LogP contribution in [-0.2, 0) is 0 Å². The third-order valence-corrected chi connectivity index (χ3v) is 7.11. The van der Waals surface area contributed by atoms with E-state index in [4.69, 9.17) is 0 Å². The lowest BCUT2D eigenvalue weighted by molar-refractivity contribution is 0.0712. The lowest BCUT2D eigenvalue weighted by Crippen LogP contribution is -2.55. The van der Waals surface area contributed by atoms with Crippen molar-refractivity contribution >= 4 is 34.1 Å². The van der Waals surface area contributed by atoms with Gasteiger partial charge >= 0.3 is 6.03 Å². The van der Waals surface area contributed by atoms with Gasteiger partial charge in [-0.05, 0) is 63.6 Å². The van der Waals surface area contributed by atoms with E-state index in [9.17, 15) is 14.7 Å². The predicted molar refractivity (Wildman–Crippen MR) is 143 cm³/mol. The van der Waals surface area contributed by atoms with Gasteiger partial charge in [-0.2, -0.15) is 0 Å². The van der Waals surface area contributed by atoms with Crippen molar-refractivity contribution in [3.63, 3.8) is 0 Å². The number of hydrogen-bond acceptors (Lipinski definition) is 4. The second-order valence-electron chi connectivity index (χ2n) is 10.2. The van der Waals surface area contributed by atoms with E-state index in [2.05, 4.69) is 20.9 Å². The summed E-state index contributed by atoms with van der Waals surface area (Å²) < 4.78 is 31.8. The third-order valence-electron chi connectivity index (χ3n) is 7.11. The number of para-hydroxylation sites is 1. The van der Waals surface area contributed by atoms with Crippen molar-refractivity contribution < 1.29 is 23.5 Å². The average molecular weight is 519 g/mol. The number of H-pyrrole nitrogens is 1. The molecule has 3 aromatic carbocycles. The number of halogens is 2. The van der Waals surface area contributed by atoms with Crippen LogP contribution >= 0.6 is 0 Å². The maximum absolute atomic E-state index is 16.3. The van der Waals surface area contributed by atoms with E-state index < -0.39 is 35.4 Å². The smallest absolute Gasteiger partial charge is 0.319 e. The van der Waals surface area contributed by atoms with Crippen LogP contribution in [-0.4, -0.2) is 33.5 Å². The van der Waals surface area contributed by atoms with Crippen molar-refractivity contribution in [2.75, 3.05) is 10.6 Å². The summed E-state index contributed by atoms with van der Waals surface area (Å²) in [7, 11) is 0. The number of aliphatic hydroxyl groups is 1. The fraction of sp³-hybridized carbons (Fsp3) is 0.241. The Morgan fingerprint density at radius 3 is 2.47 bits per heavy atom. The van der Waals surface area contributed by atoms with E-state index in [0.29, 0.717) is 22.3 Å². The van der Waals surface area contributed by atoms with Gasteiger partial charge in [-0.1, -0.05) is 18.2 Å². The van der Waals surface area contributed by atoms with E-state index in [1.54, 1.807) is 56.4 Å². The van der Waals surface area contributed by atoms with Gasteiger partial charge in [-0.3, -0.25) is 4.79 Å². The van der Waals surface area contributed by atoms with Gasteiger partial charge < -0.3 is 26.0 Å². The molecule has 2 amide bonds. The lowest BCUT2D eigenvalue weighted by atomic mass is 9.81. The SMILES string of the molecule is CC(=O)c1ccc(NC(=O)N[C@H]2c3c(cc(F)c(-c4cccc5c(C)c[nH]c45)c3F)NC(C)(C)C2O)cc1. The van der Waals surface area contributed by atoms with Crippen LogP contribution in [0.15, 0.2) is 54.7 Å². The number of rotatable bonds is 4. The minimum atomic E-state index is -1.25. The molecule has 0 aliphatic carbocycles. The molecule has 2 atom stereocenters. The fourth-order valence-electron chi connectivity index (χ4n) is 5.04. The molecule has 2 heterocycles. The van der Waals surface area contributed by atoms with Gasteiger partial charge in [0, 0.05) is 39.6 Å². The van der Waals surface area contributed by atoms with Crippen molar-refractivity contribution in [2.45, 2.75) is 45.4 Å². The maximum Gasteiger partial charge on any atom is 0.319 e. The van der Waals surface area contributed by atoms with Crippen LogP contribution in [0.25, 0.3) is 22.0 Å². The Labute approximate surface area is 218 Å². The van der Waals surface area contributed by atoms with Crippen LogP contribution in [0.2, 0.25) is 0 Å². The summed E-state index contributed by atoms with van der Waals surface area (Å²) >= 11 is 0. The second kappa shape index (κ2) is 9.25. The lowest BCUT2D eigenvalue weighted by Gasteiger charge is -2.43. The highest BCUT2D eigenvalue weighted by Crippen LogP contribution is 2.44. The minimum absolute atomic E-state index is 0.0458. The second-order valence-corrected chi connectivity index (χ2v) is 10.2. The highest BCUT2D eigenvalue weighted by molar-refractivity contribution is 5.97. The molecule has 0 fully saturated rings. The number of carbonyl (C=O) groups is 2. The molecule has 0 saturated carbocycles. The molecule has 7 nitrogen and oxygen atoms in total. The van der Waals surface area contributed by atoms with Crippen molar-refractivity contribution in [3.05, 3.63) is 83.1 Å². The Kier molecular flexibility index (Phi) is 6.19. The van der Waals surface area contributed by atoms with Crippen molar-refractivity contribution in [1.29, 1.82) is 0 Å². The van der Waals surface area contributed by atoms with Crippen molar-refractivity contribution in [2.24, 2.45) is 0 Å². The Morgan fingerprint density at radius 2 is 1.79 bits per heavy atom. The molecule has 1 unspecified atom stereocenters. The first kappa shape index (κ1) is 25.4. The maximum atomic E-state index is 16.3. The molecule has 0 saturated heterocycles. The van der Waals surface area contributed by atoms with Gasteiger partial charge in [0.15, 0.2) is 5.78 Å². The van der Waals surface area contributed by atoms with E-state index >= 15 is 8.78 Å². The summed E-state index contributed by atoms with van der Waals surface area (Å²) in [5.41, 5.74) is 1.59. The molecular formula is C29H28F2N4O3. The molecule has 1 aliphatic rings. The number of amides is 2. The zero-order valence-electron chi connectivity index (χ0n) is 21.4. The first-order valence-corrected chi connectivity index (χ1v) is 12.2. The Balaban J connectivity index is 1.56. The number of aliphatic hydroxyl groups excluding tert-OH is 1. The number of hydrogen-bond donors (Lipinski definition) is 5. The highest BCUT2D eigenvalue weighted by Gasteiger charge is 2.44. The van der Waals surface area contributed by atoms with Crippen LogP contribution in [0.1, 0.15) is 48.3 Å². The Hall–Kier alpha value is -4.24. The van der Waals surface area contributed by atoms with Gasteiger partial charge in [0.05, 0.1) is 22.7 Å². The zero-order valence-corrected chi connectivity index (χ0v) is 21.4. The van der Waals surface area contributed by atoms with Crippen LogP contribution in [0.5, 0.6) is 0 Å². The Morgan fingerprint density at radius 1 is 1.08 bits per heavy atom. The number of carbonyl (C=O) groups excluding carboxylic acids is 2. The molecule has 9 heteroatoms. The summed E-state index contributed by atoms with van der Waals surface area (Å²) in [6.45, 7) is 6.70. The molecule has 0 radical (unpaired) electrons. The summed E-state index contributed by atoms with van der Waals surface area (Å²) in [6, 6.07) is 10.8. The molecule has 5 rings (SSSR count). The van der Waals surface area contributed by atoms with E-state index in [-0.39, 0.29) is 22.6 Å². The first-order valence-electron chi connectivity index (χ1n) is 12.2. The molecule has 5 N–H and O–H groups in total. The van der Waals surface area contributed by atoms with Gasteiger partial charge in [-0.25, -0.2) is 13.6 Å². The Bertz CT molecular complexity index is 1580. The molecule has 1 aliphatic heterocycles. The molecule has 0 bridgehead atoms. The van der Waals surface area contributed by atoms with E-state index in [0.717, 1.165) is 10.9 Å². The predicted octanol–water partition coefficient (Wildman–Crippen LogP) is 6.05. The largest absolute Gasteiger partial charge is 0.388 e. The van der Waals surface area contributed by atoms with Crippen LogP contribution < -0.4 is 16.0 Å². The zero-order chi connectivity index (χ0) is 27.4. The van der Waals surface area contributed by atoms with Crippen molar-refractivity contribution in [3.8, 4) is 11.1 Å². The number of ketones is 1. The minimum Gasteiger partial charge on any atom is -0.388 e. The summed E-state index contributed by atoms with van der Waals surface area (Å²) in [4.78, 5) is 27.6. The summed E-state index contributed by atoms with van der Waals surface area (Å²) in [6.07, 6.45) is 0.519. The number of aromatic nitrogens is 1. The summed E-state index contributed by atoms with van der Waals surface area (Å²) in [5.74, 6) is -1.76. The van der Waals surface area contributed by atoms with E-state index in [1.165, 1.54) is 13.0 Å². The number of nitrogens with one attached hydrogen (secondary N) is 4. The fourth-order valence-corrected chi connectivity index (χ4v) is 5.04. The molecule has 38 heavy (non-hydrogen) atoms. The van der Waals surface area contributed by atoms with Crippen molar-refractivity contribution in [1.82, 2.24) is 10.3 Å². The standard InChI is InChI=1S/C29H28F2N4O3/c1-14-13-32-25-18(14)6-5-7-19(25)22-20(30)12-21-23(24(22)31)26(27(37)29(3,4)35-21)34-28(38)33-17-10-8-16(9-11-17)15(2)36/h5-13,26-27,32,35,37H,1-4H3,(H2,33,34,38)/t26-,27?/m0/s1. The van der Waals surface area contributed by atoms with Gasteiger partial charge in [0.25, 0.3) is 0 Å². The van der Waals surface area contributed by atoms with Gasteiger partial charge in [0.1, 0.15) is 17.7 Å².